The summed E-state index contributed by atoms with van der Waals surface area (Å²) in [6, 6.07) is 25.1. The van der Waals surface area contributed by atoms with Crippen LogP contribution in [0, 0.1) is 6.92 Å². The van der Waals surface area contributed by atoms with Crippen LogP contribution in [0.4, 0.5) is 5.69 Å². The van der Waals surface area contributed by atoms with E-state index in [4.69, 9.17) is 0 Å². The normalized spacial score (nSPS) is 14.0. The first-order valence-corrected chi connectivity index (χ1v) is 11.6. The van der Waals surface area contributed by atoms with E-state index in [9.17, 15) is 4.79 Å². The molecule has 0 spiro atoms. The predicted molar refractivity (Wildman–Crippen MR) is 137 cm³/mol. The average Bonchev–Trinajstić information content (AvgIpc) is 2.84. The summed E-state index contributed by atoms with van der Waals surface area (Å²) in [5, 5.41) is 3.06. The molecule has 170 valence electrons. The van der Waals surface area contributed by atoms with E-state index in [1.807, 2.05) is 31.2 Å². The zero-order valence-corrected chi connectivity index (χ0v) is 19.8. The van der Waals surface area contributed by atoms with Crippen molar-refractivity contribution >= 4 is 17.2 Å². The zero-order chi connectivity index (χ0) is 23.2. The van der Waals surface area contributed by atoms with Gasteiger partial charge in [-0.15, -0.1) is 0 Å². The van der Waals surface area contributed by atoms with Crippen molar-refractivity contribution in [3.05, 3.63) is 107 Å². The molecule has 4 nitrogen and oxygen atoms in total. The Kier molecular flexibility index (Phi) is 7.26. The molecule has 0 unspecified atom stereocenters. The van der Waals surface area contributed by atoms with Crippen molar-refractivity contribution in [3.8, 4) is 0 Å². The SMILES string of the molecule is Cc1ccccc1C(=O)NCc1cccc(C2=CCN(Cc3ccc(N(C)C)cc3)CC2)c1. The van der Waals surface area contributed by atoms with Gasteiger partial charge in [-0.2, -0.15) is 0 Å². The molecule has 33 heavy (non-hydrogen) atoms. The van der Waals surface area contributed by atoms with E-state index < -0.39 is 0 Å². The molecule has 0 atom stereocenters. The topological polar surface area (TPSA) is 35.6 Å². The minimum atomic E-state index is -0.0235. The van der Waals surface area contributed by atoms with Gasteiger partial charge in [-0.25, -0.2) is 0 Å². The fourth-order valence-electron chi connectivity index (χ4n) is 4.26. The minimum absolute atomic E-state index is 0.0235. The number of rotatable bonds is 7. The molecule has 1 N–H and O–H groups in total. The molecule has 0 bridgehead atoms. The van der Waals surface area contributed by atoms with E-state index in [1.54, 1.807) is 0 Å². The molecule has 3 aromatic carbocycles. The van der Waals surface area contributed by atoms with Gasteiger partial charge in [0.25, 0.3) is 5.91 Å². The summed E-state index contributed by atoms with van der Waals surface area (Å²) in [4.78, 5) is 17.1. The Bertz CT molecular complexity index is 1130. The quantitative estimate of drug-likeness (QED) is 0.544. The van der Waals surface area contributed by atoms with Crippen molar-refractivity contribution < 1.29 is 4.79 Å². The Balaban J connectivity index is 1.34. The lowest BCUT2D eigenvalue weighted by Gasteiger charge is -2.27. The summed E-state index contributed by atoms with van der Waals surface area (Å²) in [7, 11) is 4.14. The number of amides is 1. The first-order chi connectivity index (χ1) is 16.0. The Hall–Kier alpha value is -3.37. The van der Waals surface area contributed by atoms with Gasteiger partial charge >= 0.3 is 0 Å². The van der Waals surface area contributed by atoms with E-state index in [-0.39, 0.29) is 5.91 Å². The van der Waals surface area contributed by atoms with Gasteiger partial charge in [-0.1, -0.05) is 54.6 Å². The maximum absolute atomic E-state index is 12.5. The largest absolute Gasteiger partial charge is 0.378 e. The number of nitrogens with one attached hydrogen (secondary N) is 1. The minimum Gasteiger partial charge on any atom is -0.378 e. The number of anilines is 1. The molecule has 4 heteroatoms. The molecule has 0 radical (unpaired) electrons. The van der Waals surface area contributed by atoms with Gasteiger partial charge < -0.3 is 10.2 Å². The van der Waals surface area contributed by atoms with Crippen LogP contribution in [0.15, 0.2) is 78.9 Å². The molecule has 0 fully saturated rings. The van der Waals surface area contributed by atoms with Crippen LogP contribution >= 0.6 is 0 Å². The number of hydrogen-bond donors (Lipinski definition) is 1. The van der Waals surface area contributed by atoms with Gasteiger partial charge in [0.1, 0.15) is 0 Å². The van der Waals surface area contributed by atoms with Crippen molar-refractivity contribution in [1.29, 1.82) is 0 Å². The van der Waals surface area contributed by atoms with Crippen molar-refractivity contribution in [3.63, 3.8) is 0 Å². The van der Waals surface area contributed by atoms with Gasteiger partial charge in [0.15, 0.2) is 0 Å². The van der Waals surface area contributed by atoms with Gasteiger partial charge in [0.05, 0.1) is 0 Å². The molecular weight excluding hydrogens is 406 g/mol. The van der Waals surface area contributed by atoms with E-state index in [0.29, 0.717) is 6.54 Å². The molecule has 1 aliphatic heterocycles. The van der Waals surface area contributed by atoms with Crippen LogP contribution in [0.1, 0.15) is 39.0 Å². The number of carbonyl (C=O) groups excluding carboxylic acids is 1. The summed E-state index contributed by atoms with van der Waals surface area (Å²) in [5.74, 6) is -0.0235. The molecule has 0 saturated carbocycles. The summed E-state index contributed by atoms with van der Waals surface area (Å²) in [6.07, 6.45) is 3.39. The lowest BCUT2D eigenvalue weighted by molar-refractivity contribution is 0.0950. The molecule has 0 aliphatic carbocycles. The predicted octanol–water partition coefficient (Wildman–Crippen LogP) is 5.28. The van der Waals surface area contributed by atoms with Crippen LogP contribution in [0.2, 0.25) is 0 Å². The first kappa shape index (κ1) is 22.8. The summed E-state index contributed by atoms with van der Waals surface area (Å²) < 4.78 is 0. The van der Waals surface area contributed by atoms with Crippen LogP contribution in [0.25, 0.3) is 5.57 Å². The summed E-state index contributed by atoms with van der Waals surface area (Å²) in [6.45, 7) is 5.48. The monoisotopic (exact) mass is 439 g/mol. The van der Waals surface area contributed by atoms with Crippen LogP contribution in [0.5, 0.6) is 0 Å². The lowest BCUT2D eigenvalue weighted by atomic mass is 9.97. The number of nitrogens with zero attached hydrogens (tertiary/aromatic N) is 2. The average molecular weight is 440 g/mol. The van der Waals surface area contributed by atoms with E-state index in [1.165, 1.54) is 22.4 Å². The highest BCUT2D eigenvalue weighted by Crippen LogP contribution is 2.24. The van der Waals surface area contributed by atoms with Crippen molar-refractivity contribution in [2.75, 3.05) is 32.1 Å². The molecule has 0 aromatic heterocycles. The lowest BCUT2D eigenvalue weighted by Crippen LogP contribution is -2.28. The van der Waals surface area contributed by atoms with Gasteiger partial charge in [0.2, 0.25) is 0 Å². The van der Waals surface area contributed by atoms with E-state index in [2.05, 4.69) is 83.8 Å². The Morgan fingerprint density at radius 1 is 0.970 bits per heavy atom. The van der Waals surface area contributed by atoms with Crippen LogP contribution in [-0.4, -0.2) is 38.0 Å². The highest BCUT2D eigenvalue weighted by Gasteiger charge is 2.14. The fraction of sp³-hybridized carbons (Fsp3) is 0.276. The maximum atomic E-state index is 12.5. The molecule has 1 heterocycles. The molecule has 1 aliphatic rings. The Morgan fingerprint density at radius 2 is 1.76 bits per heavy atom. The Morgan fingerprint density at radius 3 is 2.45 bits per heavy atom. The highest BCUT2D eigenvalue weighted by atomic mass is 16.1. The van der Waals surface area contributed by atoms with E-state index >= 15 is 0 Å². The third-order valence-electron chi connectivity index (χ3n) is 6.29. The zero-order valence-electron chi connectivity index (χ0n) is 19.8. The van der Waals surface area contributed by atoms with Crippen molar-refractivity contribution in [1.82, 2.24) is 10.2 Å². The van der Waals surface area contributed by atoms with Crippen molar-refractivity contribution in [2.24, 2.45) is 0 Å². The number of benzene rings is 3. The van der Waals surface area contributed by atoms with Crippen LogP contribution in [0.3, 0.4) is 0 Å². The maximum Gasteiger partial charge on any atom is 0.251 e. The van der Waals surface area contributed by atoms with Crippen LogP contribution in [-0.2, 0) is 13.1 Å². The van der Waals surface area contributed by atoms with Gasteiger partial charge in [-0.05, 0) is 65.4 Å². The molecule has 4 rings (SSSR count). The first-order valence-electron chi connectivity index (χ1n) is 11.6. The highest BCUT2D eigenvalue weighted by molar-refractivity contribution is 5.95. The molecular formula is C29H33N3O. The van der Waals surface area contributed by atoms with Gasteiger partial charge in [0, 0.05) is 51.5 Å². The second-order valence-corrected chi connectivity index (χ2v) is 8.97. The third-order valence-corrected chi connectivity index (χ3v) is 6.29. The molecule has 1 amide bonds. The van der Waals surface area contributed by atoms with E-state index in [0.717, 1.165) is 42.7 Å². The number of hydrogen-bond acceptors (Lipinski definition) is 3. The number of aryl methyl sites for hydroxylation is 1. The number of carbonyl (C=O) groups is 1. The van der Waals surface area contributed by atoms with Crippen LogP contribution < -0.4 is 10.2 Å². The Labute approximate surface area is 197 Å². The fourth-order valence-corrected chi connectivity index (χ4v) is 4.26. The van der Waals surface area contributed by atoms with Crippen molar-refractivity contribution in [2.45, 2.75) is 26.4 Å². The van der Waals surface area contributed by atoms with Gasteiger partial charge in [-0.3, -0.25) is 9.69 Å². The molecule has 3 aromatic rings. The molecule has 0 saturated heterocycles. The second kappa shape index (κ2) is 10.5. The third kappa shape index (κ3) is 5.91. The smallest absolute Gasteiger partial charge is 0.251 e. The second-order valence-electron chi connectivity index (χ2n) is 8.97. The summed E-state index contributed by atoms with van der Waals surface area (Å²) >= 11 is 0. The summed E-state index contributed by atoms with van der Waals surface area (Å²) in [5.41, 5.74) is 8.08. The standard InChI is InChI=1S/C29H33N3O/c1-22-7-4-5-10-28(22)29(33)30-20-24-8-6-9-26(19-24)25-15-17-32(18-16-25)21-23-11-13-27(14-12-23)31(2)3/h4-15,19H,16-18,20-21H2,1-3H3,(H,30,33).